The lowest BCUT2D eigenvalue weighted by atomic mass is 10.2. The molecule has 1 aromatic heterocycles. The number of nitro groups is 1. The minimum Gasteiger partial charge on any atom is -0.258 e. The number of allylic oxidation sites excluding steroid dienone is 1. The number of pyridine rings is 1. The van der Waals surface area contributed by atoms with Gasteiger partial charge in [0.05, 0.1) is 10.5 Å². The van der Waals surface area contributed by atoms with E-state index >= 15 is 0 Å². The van der Waals surface area contributed by atoms with Crippen LogP contribution in [0.15, 0.2) is 22.9 Å². The molecule has 0 unspecified atom stereocenters. The van der Waals surface area contributed by atoms with Gasteiger partial charge >= 0.3 is 0 Å². The first-order chi connectivity index (χ1) is 6.15. The van der Waals surface area contributed by atoms with Crippen LogP contribution in [0, 0.1) is 10.1 Å². The van der Waals surface area contributed by atoms with Gasteiger partial charge in [-0.2, -0.15) is 0 Å². The molecule has 0 bridgehead atoms. The average molecular weight is 243 g/mol. The quantitative estimate of drug-likeness (QED) is 0.456. The highest BCUT2D eigenvalue weighted by molar-refractivity contribution is 9.10. The number of nitrogens with zero attached hydrogens (tertiary/aromatic N) is 2. The van der Waals surface area contributed by atoms with Crippen molar-refractivity contribution >= 4 is 27.7 Å². The van der Waals surface area contributed by atoms with E-state index < -0.39 is 4.92 Å². The summed E-state index contributed by atoms with van der Waals surface area (Å²) in [7, 11) is 0. The van der Waals surface area contributed by atoms with Gasteiger partial charge in [-0.15, -0.1) is 0 Å². The highest BCUT2D eigenvalue weighted by Crippen LogP contribution is 2.21. The second kappa shape index (κ2) is 4.13. The standard InChI is InChI=1S/C8H7BrN2O2/c1-2-3-6-4-8(9)10-5-7(6)11(12)13/h2-5H,1H3/b3-2+. The summed E-state index contributed by atoms with van der Waals surface area (Å²) in [5, 5.41) is 10.5. The Morgan fingerprint density at radius 3 is 2.92 bits per heavy atom. The van der Waals surface area contributed by atoms with E-state index in [0.717, 1.165) is 0 Å². The number of hydrogen-bond donors (Lipinski definition) is 0. The maximum atomic E-state index is 10.5. The monoisotopic (exact) mass is 242 g/mol. The maximum Gasteiger partial charge on any atom is 0.294 e. The van der Waals surface area contributed by atoms with Gasteiger partial charge in [0.2, 0.25) is 0 Å². The molecular weight excluding hydrogens is 236 g/mol. The van der Waals surface area contributed by atoms with E-state index in [1.54, 1.807) is 25.1 Å². The third-order valence-electron chi connectivity index (χ3n) is 1.42. The highest BCUT2D eigenvalue weighted by atomic mass is 79.9. The van der Waals surface area contributed by atoms with Crippen LogP contribution in [0.3, 0.4) is 0 Å². The normalized spacial score (nSPS) is 10.6. The topological polar surface area (TPSA) is 56.0 Å². The first-order valence-electron chi connectivity index (χ1n) is 3.57. The molecule has 0 saturated heterocycles. The molecule has 0 fully saturated rings. The molecule has 0 aliphatic carbocycles. The fourth-order valence-corrected chi connectivity index (χ4v) is 1.25. The summed E-state index contributed by atoms with van der Waals surface area (Å²) in [5.74, 6) is 0. The van der Waals surface area contributed by atoms with Gasteiger partial charge in [-0.3, -0.25) is 10.1 Å². The molecule has 0 atom stereocenters. The van der Waals surface area contributed by atoms with Crippen LogP contribution in [-0.4, -0.2) is 9.91 Å². The molecule has 4 nitrogen and oxygen atoms in total. The van der Waals surface area contributed by atoms with Crippen molar-refractivity contribution in [2.24, 2.45) is 0 Å². The molecule has 1 aromatic rings. The highest BCUT2D eigenvalue weighted by Gasteiger charge is 2.11. The number of halogens is 1. The van der Waals surface area contributed by atoms with Crippen molar-refractivity contribution in [2.45, 2.75) is 6.92 Å². The van der Waals surface area contributed by atoms with Gasteiger partial charge in [-0.25, -0.2) is 4.98 Å². The molecule has 0 spiro atoms. The summed E-state index contributed by atoms with van der Waals surface area (Å²) in [6, 6.07) is 1.61. The molecule has 0 aliphatic heterocycles. The molecule has 1 rings (SSSR count). The van der Waals surface area contributed by atoms with Crippen LogP contribution in [0.2, 0.25) is 0 Å². The van der Waals surface area contributed by atoms with Gasteiger partial charge in [0.1, 0.15) is 10.8 Å². The predicted octanol–water partition coefficient (Wildman–Crippen LogP) is 2.79. The summed E-state index contributed by atoms with van der Waals surface area (Å²) < 4.78 is 0.589. The van der Waals surface area contributed by atoms with Crippen LogP contribution < -0.4 is 0 Å². The lowest BCUT2D eigenvalue weighted by molar-refractivity contribution is -0.385. The van der Waals surface area contributed by atoms with Crippen molar-refractivity contribution in [3.8, 4) is 0 Å². The van der Waals surface area contributed by atoms with Gasteiger partial charge in [0.25, 0.3) is 5.69 Å². The molecule has 5 heteroatoms. The summed E-state index contributed by atoms with van der Waals surface area (Å²) in [6.45, 7) is 1.80. The zero-order valence-corrected chi connectivity index (χ0v) is 8.48. The summed E-state index contributed by atoms with van der Waals surface area (Å²) >= 11 is 3.15. The molecule has 68 valence electrons. The second-order valence-corrected chi connectivity index (χ2v) is 3.14. The molecule has 13 heavy (non-hydrogen) atoms. The molecule has 0 amide bonds. The molecule has 1 heterocycles. The summed E-state index contributed by atoms with van der Waals surface area (Å²) in [6.07, 6.45) is 4.65. The van der Waals surface area contributed by atoms with E-state index in [4.69, 9.17) is 0 Å². The number of aromatic nitrogens is 1. The van der Waals surface area contributed by atoms with E-state index in [1.807, 2.05) is 0 Å². The van der Waals surface area contributed by atoms with E-state index in [0.29, 0.717) is 10.2 Å². The Hall–Kier alpha value is -1.23. The SMILES string of the molecule is C/C=C/c1cc(Br)ncc1[N+](=O)[O-]. The summed E-state index contributed by atoms with van der Waals surface area (Å²) in [5.41, 5.74) is 0.565. The molecule has 0 saturated carbocycles. The maximum absolute atomic E-state index is 10.5. The molecule has 0 aromatic carbocycles. The van der Waals surface area contributed by atoms with Crippen LogP contribution in [-0.2, 0) is 0 Å². The smallest absolute Gasteiger partial charge is 0.258 e. The first kappa shape index (κ1) is 9.85. The molecule has 0 N–H and O–H groups in total. The van der Waals surface area contributed by atoms with Crippen molar-refractivity contribution in [1.29, 1.82) is 0 Å². The van der Waals surface area contributed by atoms with Crippen LogP contribution in [0.1, 0.15) is 12.5 Å². The Kier molecular flexibility index (Phi) is 3.13. The Bertz CT molecular complexity index is 363. The van der Waals surface area contributed by atoms with Crippen LogP contribution in [0.25, 0.3) is 6.08 Å². The minimum atomic E-state index is -0.450. The summed E-state index contributed by atoms with van der Waals surface area (Å²) in [4.78, 5) is 13.9. The van der Waals surface area contributed by atoms with Crippen molar-refractivity contribution in [3.63, 3.8) is 0 Å². The Morgan fingerprint density at radius 1 is 1.69 bits per heavy atom. The van der Waals surface area contributed by atoms with Crippen LogP contribution in [0.4, 0.5) is 5.69 Å². The Labute approximate surface area is 83.6 Å². The minimum absolute atomic E-state index is 0.0151. The van der Waals surface area contributed by atoms with Gasteiger partial charge < -0.3 is 0 Å². The van der Waals surface area contributed by atoms with Crippen molar-refractivity contribution < 1.29 is 4.92 Å². The Morgan fingerprint density at radius 2 is 2.38 bits per heavy atom. The van der Waals surface area contributed by atoms with Gasteiger partial charge in [0, 0.05) is 0 Å². The van der Waals surface area contributed by atoms with Gasteiger partial charge in [-0.1, -0.05) is 12.2 Å². The number of rotatable bonds is 2. The zero-order valence-electron chi connectivity index (χ0n) is 6.90. The van der Waals surface area contributed by atoms with E-state index in [2.05, 4.69) is 20.9 Å². The van der Waals surface area contributed by atoms with Crippen molar-refractivity contribution in [1.82, 2.24) is 4.98 Å². The predicted molar refractivity (Wildman–Crippen MR) is 53.3 cm³/mol. The largest absolute Gasteiger partial charge is 0.294 e. The zero-order chi connectivity index (χ0) is 9.84. The Balaban J connectivity index is 3.26. The average Bonchev–Trinajstić information content (AvgIpc) is 2.04. The van der Waals surface area contributed by atoms with Gasteiger partial charge in [0.15, 0.2) is 0 Å². The van der Waals surface area contributed by atoms with E-state index in [9.17, 15) is 10.1 Å². The van der Waals surface area contributed by atoms with Crippen molar-refractivity contribution in [3.05, 3.63) is 38.6 Å². The second-order valence-electron chi connectivity index (χ2n) is 2.32. The number of hydrogen-bond acceptors (Lipinski definition) is 3. The van der Waals surface area contributed by atoms with Gasteiger partial charge in [-0.05, 0) is 28.9 Å². The molecular formula is C8H7BrN2O2. The third kappa shape index (κ3) is 2.35. The van der Waals surface area contributed by atoms with E-state index in [1.165, 1.54) is 6.20 Å². The fraction of sp³-hybridized carbons (Fsp3) is 0.125. The molecule has 0 aliphatic rings. The van der Waals surface area contributed by atoms with Crippen LogP contribution in [0.5, 0.6) is 0 Å². The lowest BCUT2D eigenvalue weighted by Gasteiger charge is -1.96. The lowest BCUT2D eigenvalue weighted by Crippen LogP contribution is -1.92. The third-order valence-corrected chi connectivity index (χ3v) is 1.86. The first-order valence-corrected chi connectivity index (χ1v) is 4.37. The van der Waals surface area contributed by atoms with E-state index in [-0.39, 0.29) is 5.69 Å². The fourth-order valence-electron chi connectivity index (χ4n) is 0.902. The molecule has 0 radical (unpaired) electrons. The van der Waals surface area contributed by atoms with Crippen LogP contribution >= 0.6 is 15.9 Å². The van der Waals surface area contributed by atoms with Crippen molar-refractivity contribution in [2.75, 3.05) is 0 Å².